The Morgan fingerprint density at radius 1 is 1.16 bits per heavy atom. The average Bonchev–Trinajstić information content (AvgIpc) is 2.62. The van der Waals surface area contributed by atoms with Gasteiger partial charge in [-0.05, 0) is 44.5 Å². The zero-order valence-electron chi connectivity index (χ0n) is 14.7. The molecular weight excluding hydrogens is 316 g/mol. The number of pyridine rings is 1. The Hall–Kier alpha value is -2.66. The van der Waals surface area contributed by atoms with Crippen LogP contribution in [0.4, 0.5) is 0 Å². The van der Waals surface area contributed by atoms with E-state index in [-0.39, 0.29) is 5.63 Å². The van der Waals surface area contributed by atoms with E-state index in [2.05, 4.69) is 11.1 Å². The maximum Gasteiger partial charge on any atom is 0.339 e. The predicted molar refractivity (Wildman–Crippen MR) is 94.8 cm³/mol. The Balaban J connectivity index is 1.75. The average molecular weight is 337 g/mol. The molecule has 5 nitrogen and oxygen atoms in total. The minimum absolute atomic E-state index is 0.272. The highest BCUT2D eigenvalue weighted by atomic mass is 16.5. The molecule has 128 valence electrons. The van der Waals surface area contributed by atoms with Gasteiger partial charge in [0.05, 0.1) is 5.69 Å². The van der Waals surface area contributed by atoms with Gasteiger partial charge < -0.3 is 9.15 Å². The number of nitrogens with zero attached hydrogens (tertiary/aromatic N) is 1. The molecule has 0 amide bonds. The maximum atomic E-state index is 12.0. The Labute approximate surface area is 145 Å². The summed E-state index contributed by atoms with van der Waals surface area (Å²) < 4.78 is 11.6. The van der Waals surface area contributed by atoms with Gasteiger partial charge in [0, 0.05) is 28.3 Å². The van der Waals surface area contributed by atoms with Gasteiger partial charge in [-0.2, -0.15) is 0 Å². The lowest BCUT2D eigenvalue weighted by molar-refractivity contribution is -0.946. The van der Waals surface area contributed by atoms with Crippen LogP contribution in [0.1, 0.15) is 27.9 Å². The number of aryl methyl sites for hydroxylation is 2. The molecule has 5 heteroatoms. The zero-order valence-corrected chi connectivity index (χ0v) is 14.7. The van der Waals surface area contributed by atoms with Crippen molar-refractivity contribution in [2.24, 2.45) is 0 Å². The zero-order chi connectivity index (χ0) is 17.6. The monoisotopic (exact) mass is 337 g/mol. The summed E-state index contributed by atoms with van der Waals surface area (Å²) in [5, 5.41) is 0.996. The predicted octanol–water partition coefficient (Wildman–Crippen LogP) is 2.05. The van der Waals surface area contributed by atoms with Crippen molar-refractivity contribution in [3.63, 3.8) is 0 Å². The quantitative estimate of drug-likeness (QED) is 0.727. The normalized spacial score (nSPS) is 16.5. The Morgan fingerprint density at radius 2 is 2.00 bits per heavy atom. The highest BCUT2D eigenvalue weighted by Crippen LogP contribution is 2.33. The summed E-state index contributed by atoms with van der Waals surface area (Å²) in [5.74, 6) is 0.851. The highest BCUT2D eigenvalue weighted by molar-refractivity contribution is 5.86. The standard InChI is InChI=1S/C20H20N2O3/c1-12-13(2)20(23)25-19-14(3)18-15(8-17(12)19)9-22(11-24-18)10-16-6-4-5-7-21-16/h4-8H,9-11H2,1-3H3/p+1. The van der Waals surface area contributed by atoms with Gasteiger partial charge in [0.15, 0.2) is 0 Å². The number of hydrogen-bond acceptors (Lipinski definition) is 4. The molecule has 1 aliphatic rings. The van der Waals surface area contributed by atoms with Crippen molar-refractivity contribution in [3.8, 4) is 5.75 Å². The molecule has 4 rings (SSSR count). The van der Waals surface area contributed by atoms with E-state index in [1.807, 2.05) is 45.2 Å². The lowest BCUT2D eigenvalue weighted by Gasteiger charge is -2.27. The fourth-order valence-electron chi connectivity index (χ4n) is 3.48. The molecule has 3 heterocycles. The van der Waals surface area contributed by atoms with E-state index >= 15 is 0 Å². The van der Waals surface area contributed by atoms with Gasteiger partial charge in [-0.15, -0.1) is 0 Å². The molecule has 0 fully saturated rings. The van der Waals surface area contributed by atoms with E-state index in [0.717, 1.165) is 46.6 Å². The molecule has 0 bridgehead atoms. The number of rotatable bonds is 2. The van der Waals surface area contributed by atoms with E-state index in [4.69, 9.17) is 9.15 Å². The number of benzene rings is 1. The van der Waals surface area contributed by atoms with Gasteiger partial charge in [-0.1, -0.05) is 6.07 Å². The van der Waals surface area contributed by atoms with Gasteiger partial charge in [0.2, 0.25) is 6.73 Å². The molecule has 1 unspecified atom stereocenters. The lowest BCUT2D eigenvalue weighted by atomic mass is 9.99. The Kier molecular flexibility index (Phi) is 3.81. The van der Waals surface area contributed by atoms with Crippen LogP contribution in [-0.4, -0.2) is 11.7 Å². The molecule has 1 N–H and O–H groups in total. The minimum atomic E-state index is -0.272. The van der Waals surface area contributed by atoms with Crippen LogP contribution in [0.15, 0.2) is 39.7 Å². The molecule has 25 heavy (non-hydrogen) atoms. The lowest BCUT2D eigenvalue weighted by Crippen LogP contribution is -3.11. The van der Waals surface area contributed by atoms with Crippen LogP contribution in [0.5, 0.6) is 5.75 Å². The summed E-state index contributed by atoms with van der Waals surface area (Å²) in [6.07, 6.45) is 1.82. The van der Waals surface area contributed by atoms with Crippen molar-refractivity contribution in [2.45, 2.75) is 33.9 Å². The fourth-order valence-corrected chi connectivity index (χ4v) is 3.48. The van der Waals surface area contributed by atoms with Gasteiger partial charge in [0.1, 0.15) is 24.4 Å². The molecule has 0 saturated carbocycles. The molecule has 1 aliphatic heterocycles. The van der Waals surface area contributed by atoms with Crippen LogP contribution in [0, 0.1) is 20.8 Å². The second-order valence-corrected chi connectivity index (χ2v) is 6.72. The summed E-state index contributed by atoms with van der Waals surface area (Å²) in [6, 6.07) is 8.08. The van der Waals surface area contributed by atoms with E-state index in [1.165, 1.54) is 4.90 Å². The highest BCUT2D eigenvalue weighted by Gasteiger charge is 2.25. The topological polar surface area (TPSA) is 56.8 Å². The summed E-state index contributed by atoms with van der Waals surface area (Å²) >= 11 is 0. The van der Waals surface area contributed by atoms with Gasteiger partial charge in [-0.3, -0.25) is 9.88 Å². The summed E-state index contributed by atoms with van der Waals surface area (Å²) in [4.78, 5) is 17.7. The maximum absolute atomic E-state index is 12.0. The largest absolute Gasteiger partial charge is 0.444 e. The number of fused-ring (bicyclic) bond motifs is 2. The van der Waals surface area contributed by atoms with Crippen LogP contribution in [0.3, 0.4) is 0 Å². The van der Waals surface area contributed by atoms with Crippen molar-refractivity contribution in [1.29, 1.82) is 0 Å². The summed E-state index contributed by atoms with van der Waals surface area (Å²) in [6.45, 7) is 8.00. The number of quaternary nitrogens is 1. The Morgan fingerprint density at radius 3 is 2.76 bits per heavy atom. The van der Waals surface area contributed by atoms with Crippen molar-refractivity contribution in [1.82, 2.24) is 4.98 Å². The van der Waals surface area contributed by atoms with Crippen molar-refractivity contribution < 1.29 is 14.1 Å². The van der Waals surface area contributed by atoms with Crippen LogP contribution in [-0.2, 0) is 13.1 Å². The third-order valence-electron chi connectivity index (χ3n) is 5.02. The third-order valence-corrected chi connectivity index (χ3v) is 5.02. The molecule has 0 radical (unpaired) electrons. The molecule has 2 aromatic heterocycles. The van der Waals surface area contributed by atoms with Crippen molar-refractivity contribution in [2.75, 3.05) is 6.73 Å². The van der Waals surface area contributed by atoms with E-state index < -0.39 is 0 Å². The van der Waals surface area contributed by atoms with E-state index in [1.54, 1.807) is 0 Å². The second kappa shape index (κ2) is 6.01. The fraction of sp³-hybridized carbons (Fsp3) is 0.300. The van der Waals surface area contributed by atoms with Gasteiger partial charge >= 0.3 is 5.63 Å². The van der Waals surface area contributed by atoms with Gasteiger partial charge in [0.25, 0.3) is 0 Å². The van der Waals surface area contributed by atoms with Crippen LogP contribution < -0.4 is 15.3 Å². The van der Waals surface area contributed by atoms with Crippen molar-refractivity contribution in [3.05, 3.63) is 68.8 Å². The first-order valence-corrected chi connectivity index (χ1v) is 8.47. The SMILES string of the molecule is Cc1c(C)c2cc3c(c(C)c2oc1=O)OC[NH+](Cc1ccccn1)C3. The molecule has 1 atom stereocenters. The smallest absolute Gasteiger partial charge is 0.339 e. The van der Waals surface area contributed by atoms with Gasteiger partial charge in [-0.25, -0.2) is 4.79 Å². The van der Waals surface area contributed by atoms with Crippen LogP contribution >= 0.6 is 0 Å². The van der Waals surface area contributed by atoms with Crippen molar-refractivity contribution >= 4 is 11.0 Å². The summed E-state index contributed by atoms with van der Waals surface area (Å²) in [7, 11) is 0. The number of ether oxygens (including phenoxy) is 1. The van der Waals surface area contributed by atoms with Crippen LogP contribution in [0.25, 0.3) is 11.0 Å². The Bertz CT molecular complexity index is 1010. The molecule has 3 aromatic rings. The second-order valence-electron chi connectivity index (χ2n) is 6.72. The first-order chi connectivity index (χ1) is 12.0. The first-order valence-electron chi connectivity index (χ1n) is 8.47. The third kappa shape index (κ3) is 2.70. The number of hydrogen-bond donors (Lipinski definition) is 1. The molecular formula is C20H21N2O3+. The van der Waals surface area contributed by atoms with Crippen LogP contribution in [0.2, 0.25) is 0 Å². The number of aromatic nitrogens is 1. The molecule has 1 aromatic carbocycles. The molecule has 0 aliphatic carbocycles. The molecule has 0 spiro atoms. The van der Waals surface area contributed by atoms with E-state index in [0.29, 0.717) is 17.9 Å². The molecule has 0 saturated heterocycles. The van der Waals surface area contributed by atoms with E-state index in [9.17, 15) is 4.79 Å². The first kappa shape index (κ1) is 15.8. The summed E-state index contributed by atoms with van der Waals surface area (Å²) in [5.41, 5.74) is 5.13. The minimum Gasteiger partial charge on any atom is -0.444 e. The number of nitrogens with one attached hydrogen (secondary N) is 1.